The van der Waals surface area contributed by atoms with Crippen molar-refractivity contribution in [2.24, 2.45) is 0 Å². The van der Waals surface area contributed by atoms with Crippen LogP contribution in [0.3, 0.4) is 0 Å². The first-order valence-corrected chi connectivity index (χ1v) is 10.4. The van der Waals surface area contributed by atoms with Gasteiger partial charge in [0.25, 0.3) is 5.91 Å². The Hall–Kier alpha value is -3.60. The lowest BCUT2D eigenvalue weighted by atomic mass is 9.81. The second-order valence-electron chi connectivity index (χ2n) is 8.62. The number of aromatic nitrogens is 1. The molecular formula is C23H19F3N2O6. The van der Waals surface area contributed by atoms with E-state index in [0.29, 0.717) is 41.0 Å². The number of fused-ring (bicyclic) bond motifs is 2. The summed E-state index contributed by atoms with van der Waals surface area (Å²) in [5, 5.41) is 17.0. The smallest absolute Gasteiger partial charge is 0.426 e. The SMILES string of the molecule is Cc1noc(=O)c2ccc(NC(=O)C(O)(CC3(c4cccc5c4OCO5)CC3)C(F)(F)F)cc12. The maximum absolute atomic E-state index is 14.1. The number of nitrogens with zero attached hydrogens (tertiary/aromatic N) is 1. The van der Waals surface area contributed by atoms with Gasteiger partial charge in [0.1, 0.15) is 0 Å². The summed E-state index contributed by atoms with van der Waals surface area (Å²) in [7, 11) is 0. The predicted octanol–water partition coefficient (Wildman–Crippen LogP) is 3.58. The standard InChI is InChI=1S/C23H19F3N2O6/c1-12-15-9-13(5-6-14(15)19(29)34-28-12)27-20(30)22(31,23(24,25)26)10-21(7-8-21)16-3-2-4-17-18(16)33-11-32-17/h2-6,9,31H,7-8,10-11H2,1H3,(H,27,30). The number of carbonyl (C=O) groups is 1. The van der Waals surface area contributed by atoms with Crippen molar-refractivity contribution in [3.8, 4) is 11.5 Å². The van der Waals surface area contributed by atoms with Crippen LogP contribution in [0.4, 0.5) is 18.9 Å². The zero-order valence-electron chi connectivity index (χ0n) is 17.9. The van der Waals surface area contributed by atoms with Crippen LogP contribution >= 0.6 is 0 Å². The van der Waals surface area contributed by atoms with Gasteiger partial charge in [-0.25, -0.2) is 4.79 Å². The summed E-state index contributed by atoms with van der Waals surface area (Å²) in [6, 6.07) is 8.78. The number of rotatable bonds is 5. The van der Waals surface area contributed by atoms with E-state index in [1.165, 1.54) is 18.2 Å². The molecule has 34 heavy (non-hydrogen) atoms. The molecule has 1 atom stereocenters. The van der Waals surface area contributed by atoms with Gasteiger partial charge in [-0.05, 0) is 44.0 Å². The minimum absolute atomic E-state index is 0.0298. The molecule has 1 aromatic heterocycles. The van der Waals surface area contributed by atoms with E-state index in [-0.39, 0.29) is 17.9 Å². The van der Waals surface area contributed by atoms with Gasteiger partial charge in [0.15, 0.2) is 11.5 Å². The molecule has 2 heterocycles. The third-order valence-corrected chi connectivity index (χ3v) is 6.41. The second-order valence-corrected chi connectivity index (χ2v) is 8.62. The molecule has 1 aliphatic heterocycles. The topological polar surface area (TPSA) is 111 Å². The van der Waals surface area contributed by atoms with Gasteiger partial charge in [-0.3, -0.25) is 4.79 Å². The average molecular weight is 476 g/mol. The predicted molar refractivity (Wildman–Crippen MR) is 113 cm³/mol. The molecule has 0 bridgehead atoms. The van der Waals surface area contributed by atoms with E-state index >= 15 is 0 Å². The average Bonchev–Trinajstić information content (AvgIpc) is 3.39. The van der Waals surface area contributed by atoms with Crippen LogP contribution in [0.5, 0.6) is 11.5 Å². The maximum Gasteiger partial charge on any atom is 0.426 e. The third kappa shape index (κ3) is 3.47. The molecule has 11 heteroatoms. The fourth-order valence-electron chi connectivity index (χ4n) is 4.38. The summed E-state index contributed by atoms with van der Waals surface area (Å²) in [6.07, 6.45) is -5.45. The van der Waals surface area contributed by atoms with E-state index < -0.39 is 35.1 Å². The molecule has 1 fully saturated rings. The Morgan fingerprint density at radius 1 is 1.18 bits per heavy atom. The number of amides is 1. The highest BCUT2D eigenvalue weighted by atomic mass is 19.4. The van der Waals surface area contributed by atoms with Crippen molar-refractivity contribution in [2.45, 2.75) is 43.4 Å². The summed E-state index contributed by atoms with van der Waals surface area (Å²) >= 11 is 0. The Balaban J connectivity index is 1.48. The van der Waals surface area contributed by atoms with Gasteiger partial charge < -0.3 is 24.4 Å². The summed E-state index contributed by atoms with van der Waals surface area (Å²) in [5.41, 5.74) is -4.74. The van der Waals surface area contributed by atoms with E-state index in [1.54, 1.807) is 25.1 Å². The number of nitrogens with one attached hydrogen (secondary N) is 1. The Kier molecular flexibility index (Phi) is 4.87. The number of benzene rings is 2. The van der Waals surface area contributed by atoms with Gasteiger partial charge in [0.2, 0.25) is 12.4 Å². The fraction of sp³-hybridized carbons (Fsp3) is 0.348. The first kappa shape index (κ1) is 22.2. The van der Waals surface area contributed by atoms with Crippen LogP contribution in [0.15, 0.2) is 45.7 Å². The number of alkyl halides is 3. The Morgan fingerprint density at radius 3 is 2.65 bits per heavy atom. The maximum atomic E-state index is 14.1. The molecule has 2 aromatic carbocycles. The number of hydrogen-bond donors (Lipinski definition) is 2. The number of carbonyl (C=O) groups excluding carboxylic acids is 1. The van der Waals surface area contributed by atoms with Crippen molar-refractivity contribution >= 4 is 22.4 Å². The molecule has 0 spiro atoms. The van der Waals surface area contributed by atoms with Crippen LogP contribution in [-0.2, 0) is 10.2 Å². The molecule has 5 rings (SSSR count). The second kappa shape index (κ2) is 7.45. The zero-order valence-corrected chi connectivity index (χ0v) is 17.9. The molecule has 1 amide bonds. The van der Waals surface area contributed by atoms with Crippen LogP contribution in [0.2, 0.25) is 0 Å². The molecule has 0 radical (unpaired) electrons. The lowest BCUT2D eigenvalue weighted by Gasteiger charge is -2.33. The number of ether oxygens (including phenoxy) is 2. The highest BCUT2D eigenvalue weighted by Crippen LogP contribution is 2.59. The van der Waals surface area contributed by atoms with Crippen LogP contribution < -0.4 is 20.4 Å². The van der Waals surface area contributed by atoms with E-state index in [9.17, 15) is 27.9 Å². The van der Waals surface area contributed by atoms with Crippen molar-refractivity contribution in [3.63, 3.8) is 0 Å². The number of para-hydroxylation sites is 1. The number of hydrogen-bond acceptors (Lipinski definition) is 7. The van der Waals surface area contributed by atoms with Gasteiger partial charge in [-0.2, -0.15) is 13.2 Å². The van der Waals surface area contributed by atoms with Crippen LogP contribution in [-0.4, -0.2) is 34.7 Å². The van der Waals surface area contributed by atoms with Crippen molar-refractivity contribution in [3.05, 3.63) is 58.1 Å². The molecule has 2 aliphatic rings. The molecule has 2 N–H and O–H groups in total. The summed E-state index contributed by atoms with van der Waals surface area (Å²) in [4.78, 5) is 24.7. The molecular weight excluding hydrogens is 457 g/mol. The molecule has 3 aromatic rings. The summed E-state index contributed by atoms with van der Waals surface area (Å²) in [5.74, 6) is -0.876. The summed E-state index contributed by atoms with van der Waals surface area (Å²) in [6.45, 7) is 1.49. The van der Waals surface area contributed by atoms with Crippen LogP contribution in [0.1, 0.15) is 30.5 Å². The number of anilines is 1. The first-order chi connectivity index (χ1) is 16.0. The van der Waals surface area contributed by atoms with E-state index in [1.807, 2.05) is 0 Å². The molecule has 178 valence electrons. The fourth-order valence-corrected chi connectivity index (χ4v) is 4.38. The van der Waals surface area contributed by atoms with Crippen LogP contribution in [0, 0.1) is 6.92 Å². The highest BCUT2D eigenvalue weighted by molar-refractivity contribution is 6.00. The Bertz CT molecular complexity index is 1370. The largest absolute Gasteiger partial charge is 0.454 e. The normalized spacial score (nSPS) is 17.9. The number of aliphatic hydroxyl groups is 1. The highest BCUT2D eigenvalue weighted by Gasteiger charge is 2.65. The lowest BCUT2D eigenvalue weighted by molar-refractivity contribution is -0.253. The minimum Gasteiger partial charge on any atom is -0.454 e. The molecule has 1 aliphatic carbocycles. The first-order valence-electron chi connectivity index (χ1n) is 10.4. The van der Waals surface area contributed by atoms with Gasteiger partial charge >= 0.3 is 11.8 Å². The number of halogens is 3. The van der Waals surface area contributed by atoms with Crippen LogP contribution in [0.25, 0.3) is 10.8 Å². The van der Waals surface area contributed by atoms with Crippen molar-refractivity contribution in [2.75, 3.05) is 12.1 Å². The minimum atomic E-state index is -5.25. The van der Waals surface area contributed by atoms with Gasteiger partial charge in [-0.1, -0.05) is 17.3 Å². The number of aryl methyl sites for hydroxylation is 1. The van der Waals surface area contributed by atoms with Gasteiger partial charge in [-0.15, -0.1) is 0 Å². The van der Waals surface area contributed by atoms with Crippen molar-refractivity contribution < 1.29 is 37.1 Å². The molecule has 8 nitrogen and oxygen atoms in total. The van der Waals surface area contributed by atoms with E-state index in [0.717, 1.165) is 0 Å². The van der Waals surface area contributed by atoms with Gasteiger partial charge in [0.05, 0.1) is 11.1 Å². The molecule has 1 unspecified atom stereocenters. The molecule has 0 saturated heterocycles. The Labute approximate surface area is 190 Å². The molecule has 1 saturated carbocycles. The van der Waals surface area contributed by atoms with E-state index in [4.69, 9.17) is 9.47 Å². The zero-order chi connectivity index (χ0) is 24.3. The lowest BCUT2D eigenvalue weighted by Crippen LogP contribution is -2.56. The Morgan fingerprint density at radius 2 is 1.94 bits per heavy atom. The monoisotopic (exact) mass is 476 g/mol. The van der Waals surface area contributed by atoms with Crippen molar-refractivity contribution in [1.82, 2.24) is 5.16 Å². The third-order valence-electron chi connectivity index (χ3n) is 6.41. The summed E-state index contributed by atoms with van der Waals surface area (Å²) < 4.78 is 57.8. The van der Waals surface area contributed by atoms with Gasteiger partial charge in [0, 0.05) is 28.5 Å². The van der Waals surface area contributed by atoms with Crippen molar-refractivity contribution in [1.29, 1.82) is 0 Å². The van der Waals surface area contributed by atoms with E-state index in [2.05, 4.69) is 15.0 Å². The quantitative estimate of drug-likeness (QED) is 0.579.